The molecule has 2 saturated heterocycles. The van der Waals surface area contributed by atoms with Crippen LogP contribution < -0.4 is 16.0 Å². The first-order valence-electron chi connectivity index (χ1n) is 17.7. The summed E-state index contributed by atoms with van der Waals surface area (Å²) in [4.78, 5) is 45.3. The summed E-state index contributed by atoms with van der Waals surface area (Å²) >= 11 is 0. The van der Waals surface area contributed by atoms with Crippen molar-refractivity contribution in [3.63, 3.8) is 0 Å². The van der Waals surface area contributed by atoms with E-state index in [4.69, 9.17) is 9.90 Å². The van der Waals surface area contributed by atoms with Crippen molar-refractivity contribution in [3.05, 3.63) is 0 Å². The van der Waals surface area contributed by atoms with Crippen LogP contribution in [0.4, 0.5) is 4.79 Å². The molecule has 5 atom stereocenters. The second kappa shape index (κ2) is 31.1. The molecule has 4 N–H and O–H groups in total. The van der Waals surface area contributed by atoms with E-state index in [0.717, 1.165) is 64.4 Å². The Balaban J connectivity index is -0.000000361. The predicted octanol–water partition coefficient (Wildman–Crippen LogP) is 6.44. The lowest BCUT2D eigenvalue weighted by Crippen LogP contribution is -2.55. The molecule has 0 aliphatic carbocycles. The van der Waals surface area contributed by atoms with E-state index < -0.39 is 17.0 Å². The highest BCUT2D eigenvalue weighted by molar-refractivity contribution is 7.82. The fourth-order valence-electron chi connectivity index (χ4n) is 4.05. The van der Waals surface area contributed by atoms with E-state index in [9.17, 15) is 18.6 Å². The molecule has 4 amide bonds. The molecule has 2 fully saturated rings. The number of aliphatic carboxylic acids is 1. The minimum atomic E-state index is -0.964. The van der Waals surface area contributed by atoms with E-state index in [2.05, 4.69) is 71.3 Å². The summed E-state index contributed by atoms with van der Waals surface area (Å²) in [5.41, 5.74) is -0.174. The first-order chi connectivity index (χ1) is 21.9. The zero-order chi connectivity index (χ0) is 37.8. The summed E-state index contributed by atoms with van der Waals surface area (Å²) in [5.74, 6) is 1.25. The van der Waals surface area contributed by atoms with Gasteiger partial charge in [-0.3, -0.25) is 14.4 Å². The van der Waals surface area contributed by atoms with Crippen LogP contribution in [-0.2, 0) is 25.4 Å². The van der Waals surface area contributed by atoms with Crippen LogP contribution in [0.2, 0.25) is 0 Å². The standard InChI is InChI=1S/C18H34N4O3S.C7H15NO.C4H10.C2H4O2.2C2H6/c1-14-8-7-10-22(14)16(23)12-19-17(24)20-15(18(2,3)4)13-21-9-5-6-11-26(21)25;1-4-6(2)7(3)8-5-9;1-4(2)3;1-2(3)4;2*1-2/h14-15H,5-13H2,1-4H3,(H2,19,20,24);5-7H,4H2,1-3H3,(H,8,9);4H,1-3H3;1H3,(H,3,4);2*1-2H3/t14-,15?,26?;;;;;/m1...../s1. The van der Waals surface area contributed by atoms with Gasteiger partial charge in [-0.25, -0.2) is 13.3 Å². The van der Waals surface area contributed by atoms with Crippen LogP contribution in [0, 0.1) is 17.3 Å². The van der Waals surface area contributed by atoms with Gasteiger partial charge < -0.3 is 26.0 Å². The Hall–Kier alpha value is -2.21. The molecule has 2 aliphatic rings. The van der Waals surface area contributed by atoms with Crippen LogP contribution in [0.25, 0.3) is 0 Å². The monoisotopic (exact) mass is 694 g/mol. The van der Waals surface area contributed by atoms with Gasteiger partial charge in [-0.2, -0.15) is 0 Å². The van der Waals surface area contributed by atoms with Gasteiger partial charge in [0.1, 0.15) is 0 Å². The molecule has 47 heavy (non-hydrogen) atoms. The fourth-order valence-corrected chi connectivity index (χ4v) is 5.41. The number of carbonyl (C=O) groups is 4. The zero-order valence-electron chi connectivity index (χ0n) is 32.8. The number of likely N-dealkylation sites (tertiary alicyclic amines) is 1. The molecule has 11 nitrogen and oxygen atoms in total. The fraction of sp³-hybridized carbons (Fsp3) is 0.886. The summed E-state index contributed by atoms with van der Waals surface area (Å²) in [6, 6.07) is 0.0783. The van der Waals surface area contributed by atoms with Crippen LogP contribution in [0.1, 0.15) is 136 Å². The Kier molecular flexibility index (Phi) is 34.1. The van der Waals surface area contributed by atoms with Crippen molar-refractivity contribution >= 4 is 35.3 Å². The molecule has 2 aliphatic heterocycles. The Morgan fingerprint density at radius 2 is 1.49 bits per heavy atom. The van der Waals surface area contributed by atoms with Gasteiger partial charge >= 0.3 is 6.03 Å². The number of nitrogens with zero attached hydrogens (tertiary/aromatic N) is 2. The van der Waals surface area contributed by atoms with E-state index in [1.54, 1.807) is 0 Å². The normalized spacial score (nSPS) is 18.9. The van der Waals surface area contributed by atoms with Gasteiger partial charge in [-0.1, -0.05) is 89.5 Å². The van der Waals surface area contributed by atoms with Crippen LogP contribution in [-0.4, -0.2) is 92.9 Å². The van der Waals surface area contributed by atoms with Crippen LogP contribution in [0.5, 0.6) is 0 Å². The number of nitrogens with one attached hydrogen (secondary N) is 3. The highest BCUT2D eigenvalue weighted by atomic mass is 32.2. The van der Waals surface area contributed by atoms with Crippen molar-refractivity contribution in [2.24, 2.45) is 17.3 Å². The van der Waals surface area contributed by atoms with Crippen LogP contribution in [0.15, 0.2) is 0 Å². The minimum Gasteiger partial charge on any atom is -0.481 e. The van der Waals surface area contributed by atoms with E-state index in [1.165, 1.54) is 0 Å². The van der Waals surface area contributed by atoms with Crippen molar-refractivity contribution < 1.29 is 28.5 Å². The van der Waals surface area contributed by atoms with Gasteiger partial charge in [0.2, 0.25) is 12.3 Å². The summed E-state index contributed by atoms with van der Waals surface area (Å²) in [7, 11) is -0.964. The van der Waals surface area contributed by atoms with Gasteiger partial charge in [0.15, 0.2) is 0 Å². The van der Waals surface area contributed by atoms with E-state index in [1.807, 2.05) is 50.7 Å². The molecule has 0 saturated carbocycles. The summed E-state index contributed by atoms with van der Waals surface area (Å²) in [6.07, 6.45) is 5.96. The summed E-state index contributed by atoms with van der Waals surface area (Å²) < 4.78 is 14.1. The molecule has 0 radical (unpaired) electrons. The zero-order valence-corrected chi connectivity index (χ0v) is 33.6. The average Bonchev–Trinajstić information content (AvgIpc) is 3.43. The highest BCUT2D eigenvalue weighted by Crippen LogP contribution is 2.22. The Labute approximate surface area is 291 Å². The first-order valence-corrected chi connectivity index (χ1v) is 19.0. The molecular formula is C35H75N5O6S. The van der Waals surface area contributed by atoms with Crippen molar-refractivity contribution in [1.82, 2.24) is 25.2 Å². The Bertz CT molecular complexity index is 831. The van der Waals surface area contributed by atoms with Crippen molar-refractivity contribution in [2.45, 2.75) is 154 Å². The molecule has 0 aromatic carbocycles. The molecule has 282 valence electrons. The number of hydrogen-bond acceptors (Lipinski definition) is 5. The third-order valence-electron chi connectivity index (χ3n) is 7.10. The maximum absolute atomic E-state index is 12.3. The number of urea groups is 1. The highest BCUT2D eigenvalue weighted by Gasteiger charge is 2.31. The second-order valence-electron chi connectivity index (χ2n) is 13.2. The van der Waals surface area contributed by atoms with Crippen LogP contribution in [0.3, 0.4) is 0 Å². The third-order valence-corrected chi connectivity index (χ3v) is 8.65. The maximum atomic E-state index is 12.3. The molecule has 0 aromatic rings. The molecule has 4 unspecified atom stereocenters. The largest absolute Gasteiger partial charge is 0.481 e. The lowest BCUT2D eigenvalue weighted by molar-refractivity contribution is -0.134. The number of carboxylic acids is 1. The molecule has 2 heterocycles. The van der Waals surface area contributed by atoms with Gasteiger partial charge in [0.25, 0.3) is 5.97 Å². The van der Waals surface area contributed by atoms with Crippen molar-refractivity contribution in [2.75, 3.05) is 31.9 Å². The smallest absolute Gasteiger partial charge is 0.315 e. The van der Waals surface area contributed by atoms with Gasteiger partial charge in [0, 0.05) is 50.4 Å². The lowest BCUT2D eigenvalue weighted by atomic mass is 9.86. The van der Waals surface area contributed by atoms with Gasteiger partial charge in [0.05, 0.1) is 17.5 Å². The number of carbonyl (C=O) groups excluding carboxylic acids is 3. The Morgan fingerprint density at radius 3 is 1.87 bits per heavy atom. The second-order valence-corrected chi connectivity index (χ2v) is 14.7. The lowest BCUT2D eigenvalue weighted by Gasteiger charge is -2.36. The van der Waals surface area contributed by atoms with Gasteiger partial charge in [-0.15, -0.1) is 0 Å². The topological polar surface area (TPSA) is 148 Å². The number of hydrogen-bond donors (Lipinski definition) is 4. The Morgan fingerprint density at radius 1 is 0.979 bits per heavy atom. The van der Waals surface area contributed by atoms with E-state index >= 15 is 0 Å². The van der Waals surface area contributed by atoms with Gasteiger partial charge in [-0.05, 0) is 56.8 Å². The van der Waals surface area contributed by atoms with E-state index in [0.29, 0.717) is 24.3 Å². The number of carboxylic acid groups (broad SMARTS) is 1. The maximum Gasteiger partial charge on any atom is 0.315 e. The predicted molar refractivity (Wildman–Crippen MR) is 199 cm³/mol. The van der Waals surface area contributed by atoms with Crippen molar-refractivity contribution in [1.29, 1.82) is 0 Å². The third kappa shape index (κ3) is 29.6. The summed E-state index contributed by atoms with van der Waals surface area (Å²) in [6.45, 7) is 32.2. The SMILES string of the molecule is CC.CC.CC(=O)O.CC(C)C.CCC(C)C(C)NC=O.C[C@@H]1CCCN1C(=O)CNC(=O)NC(CN1CCCCS1=O)C(C)(C)C. The molecule has 2 rings (SSSR count). The van der Waals surface area contributed by atoms with Crippen LogP contribution >= 0.6 is 0 Å². The van der Waals surface area contributed by atoms with E-state index in [-0.39, 0.29) is 36.0 Å². The minimum absolute atomic E-state index is 0.0165. The quantitative estimate of drug-likeness (QED) is 0.204. The first kappa shape index (κ1) is 51.6. The molecule has 0 bridgehead atoms. The number of rotatable bonds is 9. The molecule has 0 spiro atoms. The summed E-state index contributed by atoms with van der Waals surface area (Å²) in [5, 5.41) is 15.8. The molecular weight excluding hydrogens is 618 g/mol. The number of amides is 4. The molecule has 0 aromatic heterocycles. The van der Waals surface area contributed by atoms with Crippen molar-refractivity contribution in [3.8, 4) is 0 Å². The average molecular weight is 694 g/mol. The molecule has 12 heteroatoms.